The van der Waals surface area contributed by atoms with Crippen LogP contribution in [0.3, 0.4) is 0 Å². The maximum atomic E-state index is 6.22. The van der Waals surface area contributed by atoms with Crippen LogP contribution in [0.15, 0.2) is 0 Å². The lowest BCUT2D eigenvalue weighted by Gasteiger charge is -2.24. The normalized spacial score (nSPS) is 44.2. The Kier molecular flexibility index (Phi) is 5.11. The zero-order chi connectivity index (χ0) is 11.4. The number of hydrogen-bond acceptors (Lipinski definition) is 1. The standard InChI is InChI=1S/C14H29N/c1-5-13-8-12(4)11(3)6-10(2)7-14(15)9-13/h10-14H,5-9,15H2,1-4H3. The Labute approximate surface area is 95.8 Å². The summed E-state index contributed by atoms with van der Waals surface area (Å²) in [5.41, 5.74) is 6.22. The molecule has 1 fully saturated rings. The molecule has 0 aromatic heterocycles. The zero-order valence-electron chi connectivity index (χ0n) is 11.0. The first-order chi connectivity index (χ1) is 7.02. The molecular formula is C14H29N. The summed E-state index contributed by atoms with van der Waals surface area (Å²) in [4.78, 5) is 0. The van der Waals surface area contributed by atoms with Crippen LogP contribution in [0.25, 0.3) is 0 Å². The Morgan fingerprint density at radius 3 is 2.13 bits per heavy atom. The van der Waals surface area contributed by atoms with E-state index >= 15 is 0 Å². The minimum Gasteiger partial charge on any atom is -0.328 e. The van der Waals surface area contributed by atoms with E-state index in [0.717, 1.165) is 23.7 Å². The summed E-state index contributed by atoms with van der Waals surface area (Å²) in [6, 6.07) is 0.447. The van der Waals surface area contributed by atoms with Gasteiger partial charge in [0.2, 0.25) is 0 Å². The second kappa shape index (κ2) is 5.89. The van der Waals surface area contributed by atoms with Crippen LogP contribution in [-0.2, 0) is 0 Å². The van der Waals surface area contributed by atoms with Crippen LogP contribution in [-0.4, -0.2) is 6.04 Å². The van der Waals surface area contributed by atoms with Gasteiger partial charge in [-0.05, 0) is 49.4 Å². The van der Waals surface area contributed by atoms with Crippen LogP contribution in [0.4, 0.5) is 0 Å². The average Bonchev–Trinajstić information content (AvgIpc) is 2.18. The molecule has 1 nitrogen and oxygen atoms in total. The van der Waals surface area contributed by atoms with Gasteiger partial charge in [0.1, 0.15) is 0 Å². The molecule has 1 aliphatic carbocycles. The van der Waals surface area contributed by atoms with Gasteiger partial charge in [-0.25, -0.2) is 0 Å². The molecule has 0 radical (unpaired) electrons. The highest BCUT2D eigenvalue weighted by Gasteiger charge is 2.24. The molecule has 0 aromatic carbocycles. The van der Waals surface area contributed by atoms with E-state index in [-0.39, 0.29) is 0 Å². The minimum absolute atomic E-state index is 0.447. The van der Waals surface area contributed by atoms with Crippen molar-refractivity contribution in [3.8, 4) is 0 Å². The van der Waals surface area contributed by atoms with Crippen molar-refractivity contribution in [2.24, 2.45) is 29.4 Å². The molecule has 0 aliphatic heterocycles. The van der Waals surface area contributed by atoms with E-state index in [1.807, 2.05) is 0 Å². The van der Waals surface area contributed by atoms with Gasteiger partial charge in [0, 0.05) is 6.04 Å². The van der Waals surface area contributed by atoms with Crippen molar-refractivity contribution in [3.05, 3.63) is 0 Å². The SMILES string of the molecule is CCC1CC(N)CC(C)CC(C)C(C)C1. The van der Waals surface area contributed by atoms with Crippen molar-refractivity contribution in [3.63, 3.8) is 0 Å². The van der Waals surface area contributed by atoms with E-state index in [4.69, 9.17) is 5.73 Å². The van der Waals surface area contributed by atoms with Crippen LogP contribution in [0.2, 0.25) is 0 Å². The van der Waals surface area contributed by atoms with Crippen molar-refractivity contribution in [2.75, 3.05) is 0 Å². The molecule has 5 atom stereocenters. The molecule has 1 aliphatic rings. The second-order valence-electron chi connectivity index (χ2n) is 6.04. The molecular weight excluding hydrogens is 182 g/mol. The first-order valence-corrected chi connectivity index (χ1v) is 6.78. The third-order valence-corrected chi connectivity index (χ3v) is 4.37. The quantitative estimate of drug-likeness (QED) is 0.701. The molecule has 0 heterocycles. The van der Waals surface area contributed by atoms with E-state index in [0.29, 0.717) is 6.04 Å². The Balaban J connectivity index is 2.63. The fourth-order valence-corrected chi connectivity index (χ4v) is 3.19. The molecule has 0 aromatic rings. The van der Waals surface area contributed by atoms with Gasteiger partial charge < -0.3 is 5.73 Å². The van der Waals surface area contributed by atoms with Gasteiger partial charge >= 0.3 is 0 Å². The van der Waals surface area contributed by atoms with Gasteiger partial charge in [-0.2, -0.15) is 0 Å². The van der Waals surface area contributed by atoms with E-state index in [1.165, 1.54) is 32.1 Å². The lowest BCUT2D eigenvalue weighted by molar-refractivity contribution is 0.272. The highest BCUT2D eigenvalue weighted by Crippen LogP contribution is 2.32. The summed E-state index contributed by atoms with van der Waals surface area (Å²) in [5.74, 6) is 3.43. The maximum absolute atomic E-state index is 6.22. The predicted molar refractivity (Wildman–Crippen MR) is 67.7 cm³/mol. The second-order valence-corrected chi connectivity index (χ2v) is 6.04. The van der Waals surface area contributed by atoms with E-state index < -0.39 is 0 Å². The smallest absolute Gasteiger partial charge is 0.00440 e. The van der Waals surface area contributed by atoms with Gasteiger partial charge in [-0.3, -0.25) is 0 Å². The molecule has 0 amide bonds. The van der Waals surface area contributed by atoms with Crippen molar-refractivity contribution < 1.29 is 0 Å². The fourth-order valence-electron chi connectivity index (χ4n) is 3.19. The molecule has 0 saturated heterocycles. The summed E-state index contributed by atoms with van der Waals surface area (Å²) in [6.07, 6.45) is 6.54. The van der Waals surface area contributed by atoms with E-state index in [1.54, 1.807) is 0 Å². The lowest BCUT2D eigenvalue weighted by Crippen LogP contribution is -2.25. The third-order valence-electron chi connectivity index (χ3n) is 4.37. The van der Waals surface area contributed by atoms with Crippen molar-refractivity contribution in [1.82, 2.24) is 0 Å². The summed E-state index contributed by atoms with van der Waals surface area (Å²) < 4.78 is 0. The monoisotopic (exact) mass is 211 g/mol. The molecule has 90 valence electrons. The minimum atomic E-state index is 0.447. The first-order valence-electron chi connectivity index (χ1n) is 6.78. The van der Waals surface area contributed by atoms with Gasteiger partial charge in [-0.15, -0.1) is 0 Å². The van der Waals surface area contributed by atoms with Crippen LogP contribution < -0.4 is 5.73 Å². The zero-order valence-corrected chi connectivity index (χ0v) is 11.0. The molecule has 0 bridgehead atoms. The fraction of sp³-hybridized carbons (Fsp3) is 1.00. The number of nitrogens with two attached hydrogens (primary N) is 1. The topological polar surface area (TPSA) is 26.0 Å². The summed E-state index contributed by atoms with van der Waals surface area (Å²) in [7, 11) is 0. The number of rotatable bonds is 1. The third kappa shape index (κ3) is 4.14. The molecule has 2 N–H and O–H groups in total. The van der Waals surface area contributed by atoms with Crippen molar-refractivity contribution in [2.45, 2.75) is 65.8 Å². The average molecular weight is 211 g/mol. The van der Waals surface area contributed by atoms with Crippen LogP contribution >= 0.6 is 0 Å². The van der Waals surface area contributed by atoms with E-state index in [9.17, 15) is 0 Å². The summed E-state index contributed by atoms with van der Waals surface area (Å²) in [5, 5.41) is 0. The molecule has 0 spiro atoms. The van der Waals surface area contributed by atoms with Crippen molar-refractivity contribution in [1.29, 1.82) is 0 Å². The Hall–Kier alpha value is -0.0400. The highest BCUT2D eigenvalue weighted by molar-refractivity contribution is 4.78. The number of hydrogen-bond donors (Lipinski definition) is 1. The molecule has 15 heavy (non-hydrogen) atoms. The Bertz CT molecular complexity index is 178. The van der Waals surface area contributed by atoms with Crippen LogP contribution in [0.5, 0.6) is 0 Å². The predicted octanol–water partition coefficient (Wildman–Crippen LogP) is 3.82. The van der Waals surface area contributed by atoms with E-state index in [2.05, 4.69) is 27.7 Å². The maximum Gasteiger partial charge on any atom is 0.00440 e. The molecule has 5 unspecified atom stereocenters. The van der Waals surface area contributed by atoms with Gasteiger partial charge in [0.15, 0.2) is 0 Å². The molecule has 1 rings (SSSR count). The first kappa shape index (κ1) is 13.0. The Morgan fingerprint density at radius 2 is 1.53 bits per heavy atom. The van der Waals surface area contributed by atoms with Crippen LogP contribution in [0.1, 0.15) is 59.8 Å². The van der Waals surface area contributed by atoms with Gasteiger partial charge in [0.25, 0.3) is 0 Å². The van der Waals surface area contributed by atoms with Crippen LogP contribution in [0, 0.1) is 23.7 Å². The Morgan fingerprint density at radius 1 is 0.933 bits per heavy atom. The highest BCUT2D eigenvalue weighted by atomic mass is 14.6. The van der Waals surface area contributed by atoms with Gasteiger partial charge in [-0.1, -0.05) is 34.1 Å². The lowest BCUT2D eigenvalue weighted by atomic mass is 9.82. The molecule has 1 saturated carbocycles. The summed E-state index contributed by atoms with van der Waals surface area (Å²) in [6.45, 7) is 9.53. The van der Waals surface area contributed by atoms with Crippen molar-refractivity contribution >= 4 is 0 Å². The van der Waals surface area contributed by atoms with Gasteiger partial charge in [0.05, 0.1) is 0 Å². The largest absolute Gasteiger partial charge is 0.328 e. The molecule has 1 heteroatoms. The summed E-state index contributed by atoms with van der Waals surface area (Å²) >= 11 is 0.